The van der Waals surface area contributed by atoms with E-state index in [1.807, 2.05) is 12.1 Å². The van der Waals surface area contributed by atoms with Crippen molar-refractivity contribution in [2.75, 3.05) is 14.2 Å². The maximum absolute atomic E-state index is 6.42. The number of ether oxygens (including phenoxy) is 2. The van der Waals surface area contributed by atoms with Gasteiger partial charge in [0.05, 0.1) is 14.2 Å². The summed E-state index contributed by atoms with van der Waals surface area (Å²) in [6.45, 7) is 9.22. The van der Waals surface area contributed by atoms with Gasteiger partial charge in [-0.05, 0) is 28.4 Å². The van der Waals surface area contributed by atoms with Gasteiger partial charge in [-0.2, -0.15) is 0 Å². The molecule has 1 unspecified atom stereocenters. The van der Waals surface area contributed by atoms with E-state index in [2.05, 4.69) is 43.6 Å². The van der Waals surface area contributed by atoms with E-state index < -0.39 is 0 Å². The van der Waals surface area contributed by atoms with Gasteiger partial charge in [0.2, 0.25) is 0 Å². The first-order valence-electron chi connectivity index (χ1n) is 6.74. The van der Waals surface area contributed by atoms with E-state index in [-0.39, 0.29) is 15.7 Å². The lowest BCUT2D eigenvalue weighted by molar-refractivity contribution is 0.354. The lowest BCUT2D eigenvalue weighted by Gasteiger charge is -2.17. The van der Waals surface area contributed by atoms with Crippen molar-refractivity contribution in [2.24, 2.45) is 16.7 Å². The molecular weight excluding hydrogens is 340 g/mol. The van der Waals surface area contributed by atoms with Crippen molar-refractivity contribution in [1.82, 2.24) is 0 Å². The highest BCUT2D eigenvalue weighted by molar-refractivity contribution is 9.09. The highest BCUT2D eigenvalue weighted by atomic mass is 79.9. The smallest absolute Gasteiger partial charge is 0.162 e. The van der Waals surface area contributed by atoms with Crippen molar-refractivity contribution in [1.29, 1.82) is 0 Å². The van der Waals surface area contributed by atoms with Gasteiger partial charge in [-0.1, -0.05) is 55.2 Å². The molecule has 1 aromatic rings. The molecule has 0 saturated heterocycles. The summed E-state index contributed by atoms with van der Waals surface area (Å²) in [4.78, 5) is 0.208. The number of rotatable bonds is 4. The Labute approximate surface area is 134 Å². The minimum atomic E-state index is 0.208. The zero-order chi connectivity index (χ0) is 15.3. The molecule has 1 fully saturated rings. The molecule has 1 aliphatic carbocycles. The third-order valence-corrected chi connectivity index (χ3v) is 6.57. The molecule has 1 saturated carbocycles. The quantitative estimate of drug-likeness (QED) is 0.661. The van der Waals surface area contributed by atoms with Gasteiger partial charge < -0.3 is 9.47 Å². The highest BCUT2D eigenvalue weighted by Gasteiger charge is 2.67. The van der Waals surface area contributed by atoms with Gasteiger partial charge in [0.15, 0.2) is 11.5 Å². The molecule has 1 atom stereocenters. The largest absolute Gasteiger partial charge is 0.493 e. The zero-order valence-corrected chi connectivity index (χ0v) is 15.2. The van der Waals surface area contributed by atoms with Crippen molar-refractivity contribution < 1.29 is 9.47 Å². The molecular formula is C16H22BrClO2. The van der Waals surface area contributed by atoms with E-state index in [1.165, 1.54) is 0 Å². The van der Waals surface area contributed by atoms with Gasteiger partial charge in [-0.25, -0.2) is 0 Å². The number of hydrogen-bond donors (Lipinski definition) is 0. The van der Waals surface area contributed by atoms with Gasteiger partial charge in [0.1, 0.15) is 0 Å². The molecule has 20 heavy (non-hydrogen) atoms. The summed E-state index contributed by atoms with van der Waals surface area (Å²) in [5.41, 5.74) is 1.64. The Bertz CT molecular complexity index is 511. The minimum absolute atomic E-state index is 0.208. The van der Waals surface area contributed by atoms with E-state index >= 15 is 0 Å². The maximum atomic E-state index is 6.42. The van der Waals surface area contributed by atoms with Crippen LogP contribution >= 0.6 is 27.5 Å². The average Bonchev–Trinajstić information content (AvgIpc) is 2.78. The number of halogens is 2. The van der Waals surface area contributed by atoms with Gasteiger partial charge >= 0.3 is 0 Å². The summed E-state index contributed by atoms with van der Waals surface area (Å²) < 4.78 is 10.7. The van der Waals surface area contributed by atoms with Crippen LogP contribution in [0.15, 0.2) is 12.1 Å². The van der Waals surface area contributed by atoms with E-state index in [4.69, 9.17) is 21.1 Å². The van der Waals surface area contributed by atoms with Crippen LogP contribution < -0.4 is 9.47 Å². The van der Waals surface area contributed by atoms with Gasteiger partial charge in [0, 0.05) is 15.9 Å². The monoisotopic (exact) mass is 360 g/mol. The number of hydrogen-bond acceptors (Lipinski definition) is 2. The lowest BCUT2D eigenvalue weighted by Crippen LogP contribution is -2.02. The van der Waals surface area contributed by atoms with Crippen LogP contribution in [-0.2, 0) is 0 Å². The predicted octanol–water partition coefficient (Wildman–Crippen LogP) is 5.48. The highest BCUT2D eigenvalue weighted by Crippen LogP contribution is 2.74. The second-order valence-electron chi connectivity index (χ2n) is 6.55. The molecule has 0 aromatic heterocycles. The SMILES string of the molecule is COc1cc(Cl)c(C(Br)C2C(C)(C)C2(C)C)cc1OC. The van der Waals surface area contributed by atoms with Crippen LogP contribution in [0.3, 0.4) is 0 Å². The molecule has 1 aliphatic rings. The standard InChI is InChI=1S/C16H22BrClO2/c1-15(2)14(16(15,3)4)13(17)9-7-11(19-5)12(20-6)8-10(9)18/h7-8,13-14H,1-6H3. The molecule has 1 aromatic carbocycles. The zero-order valence-electron chi connectivity index (χ0n) is 12.9. The first-order valence-corrected chi connectivity index (χ1v) is 8.03. The third kappa shape index (κ3) is 2.23. The van der Waals surface area contributed by atoms with Crippen LogP contribution in [0.1, 0.15) is 38.1 Å². The molecule has 0 radical (unpaired) electrons. The van der Waals surface area contributed by atoms with Crippen LogP contribution in [-0.4, -0.2) is 14.2 Å². The second-order valence-corrected chi connectivity index (χ2v) is 7.95. The van der Waals surface area contributed by atoms with E-state index in [1.54, 1.807) is 14.2 Å². The fraction of sp³-hybridized carbons (Fsp3) is 0.625. The Morgan fingerprint density at radius 2 is 1.50 bits per heavy atom. The molecule has 0 amide bonds. The second kappa shape index (κ2) is 5.10. The summed E-state index contributed by atoms with van der Waals surface area (Å²) in [7, 11) is 3.26. The van der Waals surface area contributed by atoms with Crippen molar-refractivity contribution in [2.45, 2.75) is 32.5 Å². The molecule has 112 valence electrons. The van der Waals surface area contributed by atoms with Crippen LogP contribution in [0, 0.1) is 16.7 Å². The number of alkyl halides is 1. The van der Waals surface area contributed by atoms with E-state index in [9.17, 15) is 0 Å². The Hall–Kier alpha value is -0.410. The Morgan fingerprint density at radius 1 is 1.05 bits per heavy atom. The summed E-state index contributed by atoms with van der Waals surface area (Å²) in [5, 5.41) is 0.711. The molecule has 4 heteroatoms. The van der Waals surface area contributed by atoms with Gasteiger partial charge in [-0.3, -0.25) is 0 Å². The van der Waals surface area contributed by atoms with Crippen molar-refractivity contribution in [3.8, 4) is 11.5 Å². The molecule has 2 nitrogen and oxygen atoms in total. The fourth-order valence-corrected chi connectivity index (χ4v) is 5.34. The maximum Gasteiger partial charge on any atom is 0.162 e. The van der Waals surface area contributed by atoms with Gasteiger partial charge in [0.25, 0.3) is 0 Å². The molecule has 2 rings (SSSR count). The average molecular weight is 362 g/mol. The fourth-order valence-electron chi connectivity index (χ4n) is 3.24. The van der Waals surface area contributed by atoms with Crippen molar-refractivity contribution >= 4 is 27.5 Å². The Morgan fingerprint density at radius 3 is 1.90 bits per heavy atom. The molecule has 0 N–H and O–H groups in total. The summed E-state index contributed by atoms with van der Waals surface area (Å²) in [6, 6.07) is 3.80. The normalized spacial score (nSPS) is 21.4. The van der Waals surface area contributed by atoms with Crippen LogP contribution in [0.4, 0.5) is 0 Å². The first kappa shape index (κ1) is 16.0. The number of benzene rings is 1. The third-order valence-electron chi connectivity index (χ3n) is 5.23. The summed E-state index contributed by atoms with van der Waals surface area (Å²) in [5.74, 6) is 1.91. The minimum Gasteiger partial charge on any atom is -0.493 e. The first-order chi connectivity index (χ1) is 9.18. The van der Waals surface area contributed by atoms with E-state index in [0.29, 0.717) is 22.4 Å². The van der Waals surface area contributed by atoms with Crippen molar-refractivity contribution in [3.05, 3.63) is 22.7 Å². The van der Waals surface area contributed by atoms with Crippen molar-refractivity contribution in [3.63, 3.8) is 0 Å². The van der Waals surface area contributed by atoms with Crippen LogP contribution in [0.25, 0.3) is 0 Å². The van der Waals surface area contributed by atoms with Crippen LogP contribution in [0.2, 0.25) is 5.02 Å². The predicted molar refractivity (Wildman–Crippen MR) is 87.3 cm³/mol. The van der Waals surface area contributed by atoms with Gasteiger partial charge in [-0.15, -0.1) is 0 Å². The number of methoxy groups -OCH3 is 2. The Balaban J connectivity index is 2.39. The Kier molecular flexibility index (Phi) is 4.07. The summed E-state index contributed by atoms with van der Waals surface area (Å²) in [6.07, 6.45) is 0. The van der Waals surface area contributed by atoms with Crippen LogP contribution in [0.5, 0.6) is 11.5 Å². The molecule has 0 heterocycles. The van der Waals surface area contributed by atoms with E-state index in [0.717, 1.165) is 5.56 Å². The molecule has 0 bridgehead atoms. The lowest BCUT2D eigenvalue weighted by atomic mass is 10.0. The topological polar surface area (TPSA) is 18.5 Å². The molecule has 0 aliphatic heterocycles. The molecule has 0 spiro atoms. The summed E-state index contributed by atoms with van der Waals surface area (Å²) >= 11 is 10.3.